The van der Waals surface area contributed by atoms with E-state index in [1.165, 1.54) is 7.05 Å². The molecule has 1 aromatic carbocycles. The van der Waals surface area contributed by atoms with E-state index >= 15 is 0 Å². The van der Waals surface area contributed by atoms with Gasteiger partial charge in [0.2, 0.25) is 0 Å². The number of aliphatic hydroxyl groups is 1. The number of hydrogen-bond acceptors (Lipinski definition) is 2. The Morgan fingerprint density at radius 3 is 2.24 bits per heavy atom. The van der Waals surface area contributed by atoms with Crippen molar-refractivity contribution in [3.63, 3.8) is 0 Å². The summed E-state index contributed by atoms with van der Waals surface area (Å²) in [6, 6.07) is 7.09. The van der Waals surface area contributed by atoms with Gasteiger partial charge in [0.15, 0.2) is 0 Å². The highest BCUT2D eigenvalue weighted by Crippen LogP contribution is 2.19. The molecular weight excluding hydrogens is 231 g/mol. The second-order valence-electron chi connectivity index (χ2n) is 4.24. The fourth-order valence-corrected chi connectivity index (χ4v) is 1.56. The molecule has 0 aliphatic heterocycles. The zero-order valence-corrected chi connectivity index (χ0v) is 9.83. The first-order valence-electron chi connectivity index (χ1n) is 5.28. The van der Waals surface area contributed by atoms with Crippen LogP contribution < -0.4 is 0 Å². The number of benzene rings is 1. The molecule has 17 heavy (non-hydrogen) atoms. The first kappa shape index (κ1) is 14.0. The third-order valence-corrected chi connectivity index (χ3v) is 2.40. The van der Waals surface area contributed by atoms with E-state index < -0.39 is 18.8 Å². The highest BCUT2D eigenvalue weighted by molar-refractivity contribution is 5.23. The largest absolute Gasteiger partial charge is 0.401 e. The average Bonchev–Trinajstić information content (AvgIpc) is 2.15. The van der Waals surface area contributed by atoms with E-state index in [1.54, 1.807) is 12.1 Å². The van der Waals surface area contributed by atoms with E-state index in [9.17, 15) is 18.3 Å². The van der Waals surface area contributed by atoms with Gasteiger partial charge in [-0.05, 0) is 19.5 Å². The third kappa shape index (κ3) is 5.19. The molecule has 1 rings (SSSR count). The SMILES string of the molecule is Cc1ccc(C(O)CN(C)CC(F)(F)F)cc1. The monoisotopic (exact) mass is 247 g/mol. The quantitative estimate of drug-likeness (QED) is 0.883. The Morgan fingerprint density at radius 1 is 1.24 bits per heavy atom. The van der Waals surface area contributed by atoms with Crippen LogP contribution >= 0.6 is 0 Å². The topological polar surface area (TPSA) is 23.5 Å². The minimum absolute atomic E-state index is 0.0391. The molecule has 0 saturated carbocycles. The molecule has 0 bridgehead atoms. The lowest BCUT2D eigenvalue weighted by Crippen LogP contribution is -2.34. The van der Waals surface area contributed by atoms with E-state index in [2.05, 4.69) is 0 Å². The molecule has 0 aliphatic carbocycles. The summed E-state index contributed by atoms with van der Waals surface area (Å²) in [5, 5.41) is 9.77. The molecular formula is C12H16F3NO. The summed E-state index contributed by atoms with van der Waals surface area (Å²) in [5.41, 5.74) is 1.68. The molecule has 1 N–H and O–H groups in total. The van der Waals surface area contributed by atoms with Gasteiger partial charge in [0, 0.05) is 6.54 Å². The zero-order valence-electron chi connectivity index (χ0n) is 9.83. The van der Waals surface area contributed by atoms with E-state index in [0.29, 0.717) is 5.56 Å². The number of alkyl halides is 3. The third-order valence-electron chi connectivity index (χ3n) is 2.40. The fraction of sp³-hybridized carbons (Fsp3) is 0.500. The number of aryl methyl sites for hydroxylation is 1. The van der Waals surface area contributed by atoms with Gasteiger partial charge >= 0.3 is 6.18 Å². The summed E-state index contributed by atoms with van der Waals surface area (Å²) < 4.78 is 36.3. The number of likely N-dealkylation sites (N-methyl/N-ethyl adjacent to an activating group) is 1. The predicted octanol–water partition coefficient (Wildman–Crippen LogP) is 2.52. The summed E-state index contributed by atoms with van der Waals surface area (Å²) in [6.45, 7) is 0.852. The van der Waals surface area contributed by atoms with Crippen LogP contribution in [0.25, 0.3) is 0 Å². The van der Waals surface area contributed by atoms with Crippen LogP contribution in [0.3, 0.4) is 0 Å². The van der Waals surface area contributed by atoms with Gasteiger partial charge in [0.05, 0.1) is 12.6 Å². The maximum atomic E-state index is 12.1. The van der Waals surface area contributed by atoms with Crippen LogP contribution in [0.1, 0.15) is 17.2 Å². The second-order valence-corrected chi connectivity index (χ2v) is 4.24. The van der Waals surface area contributed by atoms with Crippen LogP contribution in [0, 0.1) is 6.92 Å². The molecule has 0 aliphatic rings. The van der Waals surface area contributed by atoms with Crippen molar-refractivity contribution in [2.45, 2.75) is 19.2 Å². The summed E-state index contributed by atoms with van der Waals surface area (Å²) in [4.78, 5) is 1.06. The van der Waals surface area contributed by atoms with Gasteiger partial charge in [0.25, 0.3) is 0 Å². The minimum atomic E-state index is -4.23. The highest BCUT2D eigenvalue weighted by Gasteiger charge is 2.29. The maximum absolute atomic E-state index is 12.1. The maximum Gasteiger partial charge on any atom is 0.401 e. The van der Waals surface area contributed by atoms with Crippen molar-refractivity contribution in [3.05, 3.63) is 35.4 Å². The van der Waals surface area contributed by atoms with Crippen molar-refractivity contribution in [2.75, 3.05) is 20.1 Å². The smallest absolute Gasteiger partial charge is 0.387 e. The van der Waals surface area contributed by atoms with Gasteiger partial charge < -0.3 is 5.11 Å². The van der Waals surface area contributed by atoms with Crippen molar-refractivity contribution in [2.24, 2.45) is 0 Å². The summed E-state index contributed by atoms with van der Waals surface area (Å²) in [6.07, 6.45) is -5.13. The number of halogens is 3. The van der Waals surface area contributed by atoms with Crippen molar-refractivity contribution < 1.29 is 18.3 Å². The molecule has 0 radical (unpaired) electrons. The lowest BCUT2D eigenvalue weighted by Gasteiger charge is -2.21. The minimum Gasteiger partial charge on any atom is -0.387 e. The number of hydrogen-bond donors (Lipinski definition) is 1. The normalized spacial score (nSPS) is 14.1. The fourth-order valence-electron chi connectivity index (χ4n) is 1.56. The van der Waals surface area contributed by atoms with E-state index in [-0.39, 0.29) is 6.54 Å². The van der Waals surface area contributed by atoms with Crippen LogP contribution in [-0.4, -0.2) is 36.3 Å². The van der Waals surface area contributed by atoms with Crippen LogP contribution in [0.15, 0.2) is 24.3 Å². The lowest BCUT2D eigenvalue weighted by atomic mass is 10.1. The van der Waals surface area contributed by atoms with Crippen LogP contribution in [0.2, 0.25) is 0 Å². The van der Waals surface area contributed by atoms with Crippen molar-refractivity contribution in [1.82, 2.24) is 4.90 Å². The van der Waals surface area contributed by atoms with Crippen molar-refractivity contribution in [3.8, 4) is 0 Å². The average molecular weight is 247 g/mol. The molecule has 2 nitrogen and oxygen atoms in total. The Labute approximate surface area is 98.7 Å². The second kappa shape index (κ2) is 5.51. The molecule has 0 fully saturated rings. The number of nitrogens with zero attached hydrogens (tertiary/aromatic N) is 1. The van der Waals surface area contributed by atoms with Crippen molar-refractivity contribution >= 4 is 0 Å². The van der Waals surface area contributed by atoms with Gasteiger partial charge in [-0.1, -0.05) is 29.8 Å². The Morgan fingerprint density at radius 2 is 1.76 bits per heavy atom. The van der Waals surface area contributed by atoms with Crippen molar-refractivity contribution in [1.29, 1.82) is 0 Å². The predicted molar refractivity (Wildman–Crippen MR) is 59.7 cm³/mol. The van der Waals surface area contributed by atoms with Gasteiger partial charge in [0.1, 0.15) is 0 Å². The molecule has 0 heterocycles. The first-order valence-corrected chi connectivity index (χ1v) is 5.28. The standard InChI is InChI=1S/C12H16F3NO/c1-9-3-5-10(6-4-9)11(17)7-16(2)8-12(13,14)15/h3-6,11,17H,7-8H2,1-2H3. The Kier molecular flexibility index (Phi) is 4.54. The molecule has 1 aromatic rings. The Hall–Kier alpha value is -1.07. The van der Waals surface area contributed by atoms with Crippen LogP contribution in [0.5, 0.6) is 0 Å². The van der Waals surface area contributed by atoms with Gasteiger partial charge in [-0.25, -0.2) is 0 Å². The molecule has 0 spiro atoms. The molecule has 96 valence electrons. The molecule has 0 aromatic heterocycles. The molecule has 0 amide bonds. The first-order chi connectivity index (χ1) is 7.78. The summed E-state index contributed by atoms with van der Waals surface area (Å²) in [7, 11) is 1.34. The molecule has 1 unspecified atom stereocenters. The Bertz CT molecular complexity index is 348. The summed E-state index contributed by atoms with van der Waals surface area (Å²) >= 11 is 0. The van der Waals surface area contributed by atoms with E-state index in [0.717, 1.165) is 10.5 Å². The lowest BCUT2D eigenvalue weighted by molar-refractivity contribution is -0.145. The van der Waals surface area contributed by atoms with Gasteiger partial charge in [-0.2, -0.15) is 13.2 Å². The van der Waals surface area contributed by atoms with Crippen LogP contribution in [-0.2, 0) is 0 Å². The number of aliphatic hydroxyl groups excluding tert-OH is 1. The molecule has 1 atom stereocenters. The Balaban J connectivity index is 2.54. The van der Waals surface area contributed by atoms with Gasteiger partial charge in [-0.3, -0.25) is 4.90 Å². The summed E-state index contributed by atoms with van der Waals surface area (Å²) in [5.74, 6) is 0. The van der Waals surface area contributed by atoms with Crippen LogP contribution in [0.4, 0.5) is 13.2 Å². The van der Waals surface area contributed by atoms with E-state index in [4.69, 9.17) is 0 Å². The zero-order chi connectivity index (χ0) is 13.1. The van der Waals surface area contributed by atoms with Gasteiger partial charge in [-0.15, -0.1) is 0 Å². The van der Waals surface area contributed by atoms with E-state index in [1.807, 2.05) is 19.1 Å². The number of rotatable bonds is 4. The molecule has 0 saturated heterocycles. The highest BCUT2D eigenvalue weighted by atomic mass is 19.4. The molecule has 5 heteroatoms.